The van der Waals surface area contributed by atoms with E-state index >= 15 is 0 Å². The molecule has 14 heavy (non-hydrogen) atoms. The molecule has 1 heterocycles. The summed E-state index contributed by atoms with van der Waals surface area (Å²) >= 11 is 0. The van der Waals surface area contributed by atoms with Gasteiger partial charge >= 0.3 is 0 Å². The van der Waals surface area contributed by atoms with Gasteiger partial charge < -0.3 is 10.6 Å². The zero-order valence-corrected chi connectivity index (χ0v) is 9.39. The molecule has 2 fully saturated rings. The van der Waals surface area contributed by atoms with Gasteiger partial charge in [0.05, 0.1) is 0 Å². The molecule has 2 heteroatoms. The van der Waals surface area contributed by atoms with Crippen LogP contribution < -0.4 is 10.6 Å². The van der Waals surface area contributed by atoms with Crippen LogP contribution in [0.5, 0.6) is 0 Å². The molecule has 0 spiro atoms. The molecular weight excluding hydrogens is 172 g/mol. The summed E-state index contributed by atoms with van der Waals surface area (Å²) in [6.07, 6.45) is 8.64. The molecule has 1 aliphatic heterocycles. The Morgan fingerprint density at radius 2 is 1.79 bits per heavy atom. The van der Waals surface area contributed by atoms with Crippen molar-refractivity contribution in [2.24, 2.45) is 11.8 Å². The van der Waals surface area contributed by atoms with E-state index < -0.39 is 0 Å². The largest absolute Gasteiger partial charge is 0.316 e. The summed E-state index contributed by atoms with van der Waals surface area (Å²) in [6, 6.07) is 0.783. The lowest BCUT2D eigenvalue weighted by Crippen LogP contribution is -2.46. The van der Waals surface area contributed by atoms with E-state index in [4.69, 9.17) is 0 Å². The molecule has 2 aliphatic rings. The molecule has 0 aromatic heterocycles. The van der Waals surface area contributed by atoms with E-state index in [0.717, 1.165) is 17.9 Å². The van der Waals surface area contributed by atoms with Gasteiger partial charge in [-0.3, -0.25) is 0 Å². The first kappa shape index (κ1) is 10.4. The molecule has 2 nitrogen and oxygen atoms in total. The average molecular weight is 196 g/mol. The molecule has 0 radical (unpaired) electrons. The number of rotatable bonds is 3. The average Bonchev–Trinajstić information content (AvgIpc) is 2.74. The highest BCUT2D eigenvalue weighted by atomic mass is 14.9. The smallest absolute Gasteiger partial charge is 0.0133 e. The first-order valence-corrected chi connectivity index (χ1v) is 6.30. The van der Waals surface area contributed by atoms with Crippen molar-refractivity contribution in [1.82, 2.24) is 10.6 Å². The highest BCUT2D eigenvalue weighted by molar-refractivity contribution is 4.87. The molecule has 2 N–H and O–H groups in total. The third-order valence-electron chi connectivity index (χ3n) is 4.08. The van der Waals surface area contributed by atoms with Gasteiger partial charge in [0.2, 0.25) is 0 Å². The predicted octanol–water partition coefficient (Wildman–Crippen LogP) is 1.76. The van der Waals surface area contributed by atoms with Crippen LogP contribution in [0.15, 0.2) is 0 Å². The Labute approximate surface area is 87.8 Å². The second-order valence-corrected chi connectivity index (χ2v) is 4.97. The summed E-state index contributed by atoms with van der Waals surface area (Å²) < 4.78 is 0. The van der Waals surface area contributed by atoms with Crippen LogP contribution in [0.1, 0.15) is 38.5 Å². The molecule has 1 saturated heterocycles. The Morgan fingerprint density at radius 1 is 1.07 bits per heavy atom. The minimum Gasteiger partial charge on any atom is -0.316 e. The lowest BCUT2D eigenvalue weighted by molar-refractivity contribution is 0.228. The summed E-state index contributed by atoms with van der Waals surface area (Å²) in [7, 11) is 2.15. The first-order valence-electron chi connectivity index (χ1n) is 6.30. The first-order chi connectivity index (χ1) is 6.92. The van der Waals surface area contributed by atoms with Crippen molar-refractivity contribution in [1.29, 1.82) is 0 Å². The van der Waals surface area contributed by atoms with Crippen molar-refractivity contribution in [3.8, 4) is 0 Å². The van der Waals surface area contributed by atoms with Crippen LogP contribution in [0.2, 0.25) is 0 Å². The van der Waals surface area contributed by atoms with Gasteiger partial charge in [-0.1, -0.05) is 12.8 Å². The molecule has 0 aromatic rings. The molecule has 1 saturated carbocycles. The number of piperidine rings is 1. The van der Waals surface area contributed by atoms with Crippen molar-refractivity contribution in [2.45, 2.75) is 44.6 Å². The van der Waals surface area contributed by atoms with Gasteiger partial charge in [-0.2, -0.15) is 0 Å². The highest BCUT2D eigenvalue weighted by Gasteiger charge is 2.30. The second kappa shape index (κ2) is 5.13. The minimum absolute atomic E-state index is 0.783. The van der Waals surface area contributed by atoms with E-state index in [1.165, 1.54) is 51.6 Å². The van der Waals surface area contributed by atoms with Crippen LogP contribution >= 0.6 is 0 Å². The maximum Gasteiger partial charge on any atom is 0.0133 e. The molecule has 1 aliphatic carbocycles. The van der Waals surface area contributed by atoms with Crippen molar-refractivity contribution in [2.75, 3.05) is 20.1 Å². The molecular formula is C12H24N2. The van der Waals surface area contributed by atoms with Gasteiger partial charge in [-0.05, 0) is 57.7 Å². The van der Waals surface area contributed by atoms with Gasteiger partial charge in [0.15, 0.2) is 0 Å². The van der Waals surface area contributed by atoms with Crippen LogP contribution in [0.3, 0.4) is 0 Å². The van der Waals surface area contributed by atoms with Gasteiger partial charge in [0, 0.05) is 6.04 Å². The van der Waals surface area contributed by atoms with Crippen LogP contribution in [0.4, 0.5) is 0 Å². The lowest BCUT2D eigenvalue weighted by Gasteiger charge is -2.34. The topological polar surface area (TPSA) is 24.1 Å². The van der Waals surface area contributed by atoms with Crippen molar-refractivity contribution < 1.29 is 0 Å². The molecule has 2 unspecified atom stereocenters. The van der Waals surface area contributed by atoms with Crippen molar-refractivity contribution in [3.63, 3.8) is 0 Å². The SMILES string of the molecule is CNC(C1CCCC1)C1CCCNC1. The monoisotopic (exact) mass is 196 g/mol. The molecule has 2 rings (SSSR count). The fourth-order valence-corrected chi connectivity index (χ4v) is 3.36. The number of nitrogens with one attached hydrogen (secondary N) is 2. The van der Waals surface area contributed by atoms with E-state index in [9.17, 15) is 0 Å². The van der Waals surface area contributed by atoms with Gasteiger partial charge in [-0.15, -0.1) is 0 Å². The van der Waals surface area contributed by atoms with E-state index in [0.29, 0.717) is 0 Å². The Kier molecular flexibility index (Phi) is 3.82. The zero-order valence-electron chi connectivity index (χ0n) is 9.39. The van der Waals surface area contributed by atoms with Crippen molar-refractivity contribution >= 4 is 0 Å². The van der Waals surface area contributed by atoms with E-state index in [-0.39, 0.29) is 0 Å². The Balaban J connectivity index is 1.89. The summed E-state index contributed by atoms with van der Waals surface area (Å²) in [5.41, 5.74) is 0. The summed E-state index contributed by atoms with van der Waals surface area (Å²) in [4.78, 5) is 0. The standard InChI is InChI=1S/C12H24N2/c1-13-12(10-5-2-3-6-10)11-7-4-8-14-9-11/h10-14H,2-9H2,1H3. The number of hydrogen-bond donors (Lipinski definition) is 2. The summed E-state index contributed by atoms with van der Waals surface area (Å²) in [6.45, 7) is 2.47. The maximum atomic E-state index is 3.57. The zero-order chi connectivity index (χ0) is 9.80. The molecule has 0 aromatic carbocycles. The van der Waals surface area contributed by atoms with E-state index in [1.807, 2.05) is 0 Å². The molecule has 82 valence electrons. The summed E-state index contributed by atoms with van der Waals surface area (Å²) in [5.74, 6) is 1.85. The van der Waals surface area contributed by atoms with E-state index in [2.05, 4.69) is 17.7 Å². The van der Waals surface area contributed by atoms with Gasteiger partial charge in [0.25, 0.3) is 0 Å². The quantitative estimate of drug-likeness (QED) is 0.719. The predicted molar refractivity (Wildman–Crippen MR) is 60.4 cm³/mol. The Bertz CT molecular complexity index is 158. The number of hydrogen-bond acceptors (Lipinski definition) is 2. The van der Waals surface area contributed by atoms with Gasteiger partial charge in [-0.25, -0.2) is 0 Å². The summed E-state index contributed by atoms with van der Waals surface area (Å²) in [5, 5.41) is 7.11. The highest BCUT2D eigenvalue weighted by Crippen LogP contribution is 2.32. The third-order valence-corrected chi connectivity index (χ3v) is 4.08. The van der Waals surface area contributed by atoms with Crippen LogP contribution in [-0.4, -0.2) is 26.2 Å². The molecule has 0 bridgehead atoms. The van der Waals surface area contributed by atoms with Crippen LogP contribution in [0, 0.1) is 11.8 Å². The molecule has 2 atom stereocenters. The van der Waals surface area contributed by atoms with Crippen LogP contribution in [0.25, 0.3) is 0 Å². The van der Waals surface area contributed by atoms with Crippen molar-refractivity contribution in [3.05, 3.63) is 0 Å². The fourth-order valence-electron chi connectivity index (χ4n) is 3.36. The third kappa shape index (κ3) is 2.29. The van der Waals surface area contributed by atoms with Crippen LogP contribution in [-0.2, 0) is 0 Å². The van der Waals surface area contributed by atoms with E-state index in [1.54, 1.807) is 0 Å². The normalized spacial score (nSPS) is 31.9. The second-order valence-electron chi connectivity index (χ2n) is 4.97. The molecule has 0 amide bonds. The van der Waals surface area contributed by atoms with Gasteiger partial charge in [0.1, 0.15) is 0 Å². The Hall–Kier alpha value is -0.0800. The Morgan fingerprint density at radius 3 is 2.36 bits per heavy atom. The minimum atomic E-state index is 0.783. The maximum absolute atomic E-state index is 3.57. The lowest BCUT2D eigenvalue weighted by atomic mass is 9.83. The fraction of sp³-hybridized carbons (Fsp3) is 1.00.